The molecule has 5 heteroatoms. The van der Waals surface area contributed by atoms with Crippen LogP contribution in [0.1, 0.15) is 32.3 Å². The van der Waals surface area contributed by atoms with E-state index in [0.717, 1.165) is 31.6 Å². The summed E-state index contributed by atoms with van der Waals surface area (Å²) in [6.07, 6.45) is 3.30. The van der Waals surface area contributed by atoms with Crippen molar-refractivity contribution in [1.82, 2.24) is 4.31 Å². The van der Waals surface area contributed by atoms with Crippen LogP contribution in [-0.2, 0) is 10.0 Å². The first-order valence-corrected chi connectivity index (χ1v) is 8.51. The van der Waals surface area contributed by atoms with E-state index in [4.69, 9.17) is 5.73 Å². The Morgan fingerprint density at radius 2 is 1.68 bits per heavy atom. The highest BCUT2D eigenvalue weighted by Crippen LogP contribution is 2.10. The van der Waals surface area contributed by atoms with Crippen molar-refractivity contribution in [1.29, 1.82) is 0 Å². The van der Waals surface area contributed by atoms with E-state index in [1.54, 1.807) is 0 Å². The van der Waals surface area contributed by atoms with Crippen LogP contribution in [0, 0.1) is 6.92 Å². The molecule has 0 aromatic heterocycles. The first-order chi connectivity index (χ1) is 8.89. The van der Waals surface area contributed by atoms with Crippen molar-refractivity contribution in [2.45, 2.75) is 33.6 Å². The van der Waals surface area contributed by atoms with Crippen molar-refractivity contribution in [2.24, 2.45) is 0 Å². The van der Waals surface area contributed by atoms with Crippen LogP contribution in [-0.4, -0.2) is 32.1 Å². The number of hydrogen-bond donors (Lipinski definition) is 1. The summed E-state index contributed by atoms with van der Waals surface area (Å²) in [5, 5.41) is 0. The number of nitrogen functional groups attached to an aromatic ring is 1. The van der Waals surface area contributed by atoms with Crippen LogP contribution in [0.25, 0.3) is 0 Å². The van der Waals surface area contributed by atoms with Crippen molar-refractivity contribution in [2.75, 3.05) is 25.1 Å². The molecule has 2 rings (SSSR count). The molecule has 1 aromatic rings. The lowest BCUT2D eigenvalue weighted by Crippen LogP contribution is -2.26. The quantitative estimate of drug-likeness (QED) is 0.807. The van der Waals surface area contributed by atoms with E-state index in [9.17, 15) is 8.42 Å². The zero-order valence-corrected chi connectivity index (χ0v) is 13.2. The molecule has 0 aliphatic carbocycles. The van der Waals surface area contributed by atoms with Crippen LogP contribution in [0.3, 0.4) is 0 Å². The molecule has 1 aromatic carbocycles. The third-order valence-corrected chi connectivity index (χ3v) is 3.88. The lowest BCUT2D eigenvalue weighted by molar-refractivity contribution is 0.483. The van der Waals surface area contributed by atoms with Crippen molar-refractivity contribution in [3.8, 4) is 0 Å². The van der Waals surface area contributed by atoms with Gasteiger partial charge in [-0.2, -0.15) is 0 Å². The van der Waals surface area contributed by atoms with Crippen LogP contribution in [0.2, 0.25) is 0 Å². The number of sulfonamides is 1. The van der Waals surface area contributed by atoms with Crippen LogP contribution in [0.5, 0.6) is 0 Å². The molecule has 1 aliphatic rings. The summed E-state index contributed by atoms with van der Waals surface area (Å²) in [6, 6.07) is 7.80. The topological polar surface area (TPSA) is 63.4 Å². The van der Waals surface area contributed by atoms with Crippen LogP contribution in [0.15, 0.2) is 24.3 Å². The normalized spacial score (nSPS) is 14.9. The molecule has 4 nitrogen and oxygen atoms in total. The molecule has 0 atom stereocenters. The lowest BCUT2D eigenvalue weighted by atomic mass is 10.2. The molecular formula is C14H26N2O2S. The molecule has 1 fully saturated rings. The summed E-state index contributed by atoms with van der Waals surface area (Å²) in [6.45, 7) is 7.47. The van der Waals surface area contributed by atoms with Gasteiger partial charge < -0.3 is 5.73 Å². The molecule has 1 heterocycles. The number of hydrogen-bond acceptors (Lipinski definition) is 3. The third-order valence-electron chi connectivity index (χ3n) is 2.58. The van der Waals surface area contributed by atoms with Crippen LogP contribution < -0.4 is 5.73 Å². The third kappa shape index (κ3) is 7.85. The second-order valence-corrected chi connectivity index (χ2v) is 6.27. The zero-order valence-electron chi connectivity index (χ0n) is 12.4. The van der Waals surface area contributed by atoms with Crippen molar-refractivity contribution >= 4 is 15.7 Å². The summed E-state index contributed by atoms with van der Waals surface area (Å²) in [4.78, 5) is 0. The molecule has 0 bridgehead atoms. The van der Waals surface area contributed by atoms with Crippen LogP contribution in [0.4, 0.5) is 5.69 Å². The monoisotopic (exact) mass is 286 g/mol. The highest BCUT2D eigenvalue weighted by molar-refractivity contribution is 7.88. The Bertz CT molecular complexity index is 435. The van der Waals surface area contributed by atoms with E-state index in [-0.39, 0.29) is 0 Å². The molecule has 1 saturated heterocycles. The fourth-order valence-electron chi connectivity index (χ4n) is 1.69. The predicted molar refractivity (Wildman–Crippen MR) is 82.6 cm³/mol. The number of rotatable bonds is 1. The van der Waals surface area contributed by atoms with Crippen molar-refractivity contribution in [3.05, 3.63) is 29.8 Å². The van der Waals surface area contributed by atoms with Gasteiger partial charge in [-0.15, -0.1) is 0 Å². The van der Waals surface area contributed by atoms with E-state index < -0.39 is 10.0 Å². The first kappa shape index (κ1) is 17.9. The van der Waals surface area contributed by atoms with E-state index in [2.05, 4.69) is 0 Å². The number of anilines is 1. The maximum Gasteiger partial charge on any atom is 0.211 e. The molecule has 0 saturated carbocycles. The van der Waals surface area contributed by atoms with Gasteiger partial charge in [-0.25, -0.2) is 12.7 Å². The molecule has 0 spiro atoms. The highest BCUT2D eigenvalue weighted by atomic mass is 32.2. The van der Waals surface area contributed by atoms with Gasteiger partial charge in [-0.05, 0) is 37.5 Å². The number of nitrogens with zero attached hydrogens (tertiary/aromatic N) is 1. The Hall–Kier alpha value is -1.07. The fourth-order valence-corrected chi connectivity index (χ4v) is 2.61. The molecule has 0 amide bonds. The van der Waals surface area contributed by atoms with Gasteiger partial charge in [0.1, 0.15) is 0 Å². The summed E-state index contributed by atoms with van der Waals surface area (Å²) < 4.78 is 23.0. The van der Waals surface area contributed by atoms with Gasteiger partial charge in [0.25, 0.3) is 0 Å². The summed E-state index contributed by atoms with van der Waals surface area (Å²) in [5.74, 6) is 0. The van der Waals surface area contributed by atoms with Gasteiger partial charge in [-0.1, -0.05) is 26.0 Å². The van der Waals surface area contributed by atoms with Gasteiger partial charge in [0.2, 0.25) is 10.0 Å². The van der Waals surface area contributed by atoms with E-state index in [1.165, 1.54) is 16.1 Å². The van der Waals surface area contributed by atoms with Crippen molar-refractivity contribution < 1.29 is 8.42 Å². The maximum atomic E-state index is 10.8. The van der Waals surface area contributed by atoms with Crippen molar-refractivity contribution in [3.63, 3.8) is 0 Å². The number of nitrogens with two attached hydrogens (primary N) is 1. The second kappa shape index (κ2) is 8.93. The molecule has 0 radical (unpaired) electrons. The molecule has 2 N–H and O–H groups in total. The van der Waals surface area contributed by atoms with Gasteiger partial charge >= 0.3 is 0 Å². The minimum absolute atomic E-state index is 0.721. The average Bonchev–Trinajstić information content (AvgIpc) is 2.85. The SMILES string of the molecule is CC.CS(=O)(=O)N1CCCC1.Cc1cccc(N)c1. The Morgan fingerprint density at radius 1 is 1.16 bits per heavy atom. The summed E-state index contributed by atoms with van der Waals surface area (Å²) in [5.41, 5.74) is 7.51. The number of benzene rings is 1. The molecular weight excluding hydrogens is 260 g/mol. The van der Waals surface area contributed by atoms with Gasteiger partial charge in [0.15, 0.2) is 0 Å². The standard InChI is InChI=1S/C7H9N.C5H11NO2S.C2H6/c1-6-3-2-4-7(8)5-6;1-9(7,8)6-4-2-3-5-6;1-2/h2-5H,8H2,1H3;2-5H2,1H3;1-2H3. The molecule has 19 heavy (non-hydrogen) atoms. The van der Waals surface area contributed by atoms with E-state index in [0.29, 0.717) is 0 Å². The molecule has 1 aliphatic heterocycles. The van der Waals surface area contributed by atoms with Crippen LogP contribution >= 0.6 is 0 Å². The van der Waals surface area contributed by atoms with E-state index in [1.807, 2.05) is 45.0 Å². The second-order valence-electron chi connectivity index (χ2n) is 4.28. The maximum absolute atomic E-state index is 10.8. The molecule has 110 valence electrons. The zero-order chi connectivity index (χ0) is 14.9. The van der Waals surface area contributed by atoms with Gasteiger partial charge in [0.05, 0.1) is 6.26 Å². The number of aryl methyl sites for hydroxylation is 1. The summed E-state index contributed by atoms with van der Waals surface area (Å²) >= 11 is 0. The first-order valence-electron chi connectivity index (χ1n) is 6.67. The van der Waals surface area contributed by atoms with Gasteiger partial charge in [0, 0.05) is 18.8 Å². The van der Waals surface area contributed by atoms with E-state index >= 15 is 0 Å². The fraction of sp³-hybridized carbons (Fsp3) is 0.571. The van der Waals surface area contributed by atoms with Gasteiger partial charge in [-0.3, -0.25) is 0 Å². The Labute approximate surface area is 117 Å². The Balaban J connectivity index is 0.000000303. The highest BCUT2D eigenvalue weighted by Gasteiger charge is 2.19. The lowest BCUT2D eigenvalue weighted by Gasteiger charge is -2.09. The Kier molecular flexibility index (Phi) is 8.43. The minimum atomic E-state index is -2.87. The summed E-state index contributed by atoms with van der Waals surface area (Å²) in [7, 11) is -2.87. The minimum Gasteiger partial charge on any atom is -0.399 e. The predicted octanol–water partition coefficient (Wildman–Crippen LogP) is 2.65. The Morgan fingerprint density at radius 3 is 1.95 bits per heavy atom. The molecule has 0 unspecified atom stereocenters. The largest absolute Gasteiger partial charge is 0.399 e. The average molecular weight is 286 g/mol. The smallest absolute Gasteiger partial charge is 0.211 e.